The lowest BCUT2D eigenvalue weighted by atomic mass is 9.95. The predicted octanol–water partition coefficient (Wildman–Crippen LogP) is 8.42. The van der Waals surface area contributed by atoms with Crippen LogP contribution < -0.4 is 15.4 Å². The zero-order chi connectivity index (χ0) is 29.5. The van der Waals surface area contributed by atoms with Crippen LogP contribution in [0.1, 0.15) is 62.3 Å². The van der Waals surface area contributed by atoms with Crippen molar-refractivity contribution in [3.63, 3.8) is 0 Å². The van der Waals surface area contributed by atoms with Crippen molar-refractivity contribution in [2.75, 3.05) is 17.2 Å². The van der Waals surface area contributed by atoms with Crippen LogP contribution in [0.2, 0.25) is 5.02 Å². The van der Waals surface area contributed by atoms with E-state index in [0.29, 0.717) is 34.1 Å². The summed E-state index contributed by atoms with van der Waals surface area (Å²) in [6, 6.07) is 23.0. The van der Waals surface area contributed by atoms with E-state index >= 15 is 0 Å². The molecule has 2 N–H and O–H groups in total. The van der Waals surface area contributed by atoms with Gasteiger partial charge in [-0.3, -0.25) is 4.79 Å². The summed E-state index contributed by atoms with van der Waals surface area (Å²) in [5.41, 5.74) is 4.99. The molecule has 42 heavy (non-hydrogen) atoms. The van der Waals surface area contributed by atoms with Gasteiger partial charge in [0.2, 0.25) is 11.1 Å². The van der Waals surface area contributed by atoms with Crippen LogP contribution in [-0.4, -0.2) is 27.3 Å². The topological polar surface area (TPSA) is 81.1 Å². The first-order chi connectivity index (χ1) is 20.4. The molecule has 1 unspecified atom stereocenters. The van der Waals surface area contributed by atoms with Crippen LogP contribution in [0.15, 0.2) is 89.2 Å². The zero-order valence-electron chi connectivity index (χ0n) is 24.2. The van der Waals surface area contributed by atoms with Gasteiger partial charge >= 0.3 is 0 Å². The van der Waals surface area contributed by atoms with Gasteiger partial charge in [-0.15, -0.1) is 5.10 Å². The fraction of sp³-hybridized carbons (Fsp3) is 0.303. The molecule has 3 aromatic carbocycles. The number of unbranched alkanes of at least 4 members (excludes halogenated alkanes) is 3. The summed E-state index contributed by atoms with van der Waals surface area (Å²) in [7, 11) is 0. The highest BCUT2D eigenvalue weighted by Gasteiger charge is 2.34. The predicted molar refractivity (Wildman–Crippen MR) is 171 cm³/mol. The number of allylic oxidation sites excluding steroid dienone is 1. The van der Waals surface area contributed by atoms with Crippen molar-refractivity contribution >= 4 is 40.9 Å². The number of benzene rings is 3. The lowest BCUT2D eigenvalue weighted by molar-refractivity contribution is -0.113. The van der Waals surface area contributed by atoms with Crippen molar-refractivity contribution in [2.45, 2.75) is 63.4 Å². The lowest BCUT2D eigenvalue weighted by Gasteiger charge is -2.29. The molecular weight excluding hydrogens is 566 g/mol. The normalized spacial score (nSPS) is 14.3. The maximum Gasteiger partial charge on any atom is 0.255 e. The van der Waals surface area contributed by atoms with Crippen molar-refractivity contribution in [1.82, 2.24) is 14.8 Å². The van der Waals surface area contributed by atoms with Crippen LogP contribution in [0.4, 0.5) is 11.6 Å². The molecule has 0 radical (unpaired) electrons. The van der Waals surface area contributed by atoms with Gasteiger partial charge in [-0.25, -0.2) is 4.68 Å². The van der Waals surface area contributed by atoms with Gasteiger partial charge < -0.3 is 15.4 Å². The Morgan fingerprint density at radius 2 is 1.79 bits per heavy atom. The summed E-state index contributed by atoms with van der Waals surface area (Å²) >= 11 is 7.88. The van der Waals surface area contributed by atoms with E-state index in [1.807, 2.05) is 86.6 Å². The Hall–Kier alpha value is -3.75. The molecular formula is C33H36ClN5O2S. The van der Waals surface area contributed by atoms with E-state index in [2.05, 4.69) is 17.6 Å². The number of carbonyl (C=O) groups excluding carboxylic acids is 1. The third-order valence-corrected chi connectivity index (χ3v) is 8.50. The first-order valence-electron chi connectivity index (χ1n) is 14.3. The summed E-state index contributed by atoms with van der Waals surface area (Å²) in [6.07, 6.45) is 4.61. The Labute approximate surface area is 256 Å². The van der Waals surface area contributed by atoms with Crippen molar-refractivity contribution in [3.8, 4) is 5.75 Å². The minimum atomic E-state index is -0.481. The number of amides is 1. The number of nitrogens with zero attached hydrogens (tertiary/aromatic N) is 3. The number of aryl methyl sites for hydroxylation is 1. The summed E-state index contributed by atoms with van der Waals surface area (Å²) in [6.45, 7) is 6.77. The van der Waals surface area contributed by atoms with E-state index in [9.17, 15) is 4.79 Å². The number of halogens is 1. The summed E-state index contributed by atoms with van der Waals surface area (Å²) in [4.78, 5) is 18.6. The standard InChI is InChI=1S/C33H36ClN5O2S/c1-4-5-6-11-20-41-26-18-16-24(17-19-26)30-29(31(40)36-28-15-10-7-12-22(28)2)23(3)35-32-37-33(38-39(30)32)42-21-25-13-8-9-14-27(25)34/h7-10,12-19,30H,4-6,11,20-21H2,1-3H3,(H,36,40)(H,35,37,38). The molecule has 0 saturated carbocycles. The van der Waals surface area contributed by atoms with Gasteiger partial charge in [-0.05, 0) is 61.2 Å². The number of carbonyl (C=O) groups is 1. The lowest BCUT2D eigenvalue weighted by Crippen LogP contribution is -2.31. The minimum Gasteiger partial charge on any atom is -0.494 e. The average molecular weight is 602 g/mol. The van der Waals surface area contributed by atoms with Crippen LogP contribution in [-0.2, 0) is 10.5 Å². The number of aromatic nitrogens is 3. The Bertz CT molecular complexity index is 1570. The number of hydrogen-bond acceptors (Lipinski definition) is 6. The van der Waals surface area contributed by atoms with E-state index < -0.39 is 6.04 Å². The second kappa shape index (κ2) is 13.9. The van der Waals surface area contributed by atoms with E-state index in [4.69, 9.17) is 26.4 Å². The third kappa shape index (κ3) is 6.99. The summed E-state index contributed by atoms with van der Waals surface area (Å²) in [5, 5.41) is 12.6. The van der Waals surface area contributed by atoms with Gasteiger partial charge in [0.1, 0.15) is 11.8 Å². The van der Waals surface area contributed by atoms with E-state index in [-0.39, 0.29) is 5.91 Å². The molecule has 218 valence electrons. The summed E-state index contributed by atoms with van der Waals surface area (Å²) < 4.78 is 7.79. The van der Waals surface area contributed by atoms with Gasteiger partial charge in [0.15, 0.2) is 0 Å². The minimum absolute atomic E-state index is 0.193. The molecule has 9 heteroatoms. The molecule has 0 saturated heterocycles. The molecule has 1 aliphatic heterocycles. The highest BCUT2D eigenvalue weighted by atomic mass is 35.5. The van der Waals surface area contributed by atoms with Gasteiger partial charge in [0.25, 0.3) is 5.91 Å². The maximum atomic E-state index is 13.9. The fourth-order valence-corrected chi connectivity index (χ4v) is 6.04. The van der Waals surface area contributed by atoms with Crippen molar-refractivity contribution in [3.05, 3.63) is 106 Å². The van der Waals surface area contributed by atoms with Crippen LogP contribution >= 0.6 is 23.4 Å². The Morgan fingerprint density at radius 3 is 2.55 bits per heavy atom. The van der Waals surface area contributed by atoms with Crippen molar-refractivity contribution in [2.24, 2.45) is 0 Å². The number of ether oxygens (including phenoxy) is 1. The number of para-hydroxylation sites is 1. The molecule has 5 rings (SSSR count). The third-order valence-electron chi connectivity index (χ3n) is 7.25. The highest BCUT2D eigenvalue weighted by Crippen LogP contribution is 2.38. The van der Waals surface area contributed by atoms with Crippen LogP contribution in [0.3, 0.4) is 0 Å². The zero-order valence-corrected chi connectivity index (χ0v) is 25.8. The van der Waals surface area contributed by atoms with Gasteiger partial charge in [0, 0.05) is 22.2 Å². The quantitative estimate of drug-likeness (QED) is 0.125. The molecule has 0 fully saturated rings. The largest absolute Gasteiger partial charge is 0.494 e. The van der Waals surface area contributed by atoms with Crippen LogP contribution in [0.25, 0.3) is 0 Å². The number of rotatable bonds is 12. The Morgan fingerprint density at radius 1 is 1.02 bits per heavy atom. The molecule has 1 aromatic heterocycles. The maximum absolute atomic E-state index is 13.9. The molecule has 2 heterocycles. The molecule has 0 aliphatic carbocycles. The van der Waals surface area contributed by atoms with Crippen molar-refractivity contribution in [1.29, 1.82) is 0 Å². The molecule has 7 nitrogen and oxygen atoms in total. The van der Waals surface area contributed by atoms with Crippen LogP contribution in [0, 0.1) is 6.92 Å². The number of nitrogens with one attached hydrogen (secondary N) is 2. The Kier molecular flexibility index (Phi) is 9.87. The molecule has 4 aromatic rings. The first kappa shape index (κ1) is 29.7. The van der Waals surface area contributed by atoms with Gasteiger partial charge in [-0.1, -0.05) is 98.1 Å². The van der Waals surface area contributed by atoms with E-state index in [1.54, 1.807) is 4.68 Å². The fourth-order valence-electron chi connectivity index (χ4n) is 4.92. The summed E-state index contributed by atoms with van der Waals surface area (Å²) in [5.74, 6) is 1.83. The van der Waals surface area contributed by atoms with Gasteiger partial charge in [-0.2, -0.15) is 4.98 Å². The average Bonchev–Trinajstić information content (AvgIpc) is 3.39. The molecule has 0 spiro atoms. The smallest absolute Gasteiger partial charge is 0.255 e. The monoisotopic (exact) mass is 601 g/mol. The van der Waals surface area contributed by atoms with E-state index in [0.717, 1.165) is 40.2 Å². The van der Waals surface area contributed by atoms with Gasteiger partial charge in [0.05, 0.1) is 12.2 Å². The molecule has 1 amide bonds. The van der Waals surface area contributed by atoms with E-state index in [1.165, 1.54) is 31.0 Å². The second-order valence-corrected chi connectivity index (χ2v) is 11.7. The number of thioether (sulfide) groups is 1. The number of hydrogen-bond donors (Lipinski definition) is 2. The molecule has 0 bridgehead atoms. The molecule has 1 atom stereocenters. The first-order valence-corrected chi connectivity index (χ1v) is 15.7. The highest BCUT2D eigenvalue weighted by molar-refractivity contribution is 7.98. The second-order valence-electron chi connectivity index (χ2n) is 10.4. The SMILES string of the molecule is CCCCCCOc1ccc(C2C(C(=O)Nc3ccccc3C)=C(C)Nc3nc(SCc4ccccc4Cl)nn32)cc1. The number of fused-ring (bicyclic) bond motifs is 1. The Balaban J connectivity index is 1.43. The van der Waals surface area contributed by atoms with Crippen LogP contribution in [0.5, 0.6) is 5.75 Å². The number of anilines is 2. The van der Waals surface area contributed by atoms with Crippen molar-refractivity contribution < 1.29 is 9.53 Å². The molecule has 1 aliphatic rings.